The number of fused-ring (bicyclic) bond motifs is 1. The van der Waals surface area contributed by atoms with Crippen molar-refractivity contribution in [1.82, 2.24) is 24.2 Å². The molecule has 2 amide bonds. The van der Waals surface area contributed by atoms with Crippen LogP contribution in [0.3, 0.4) is 0 Å². The number of halogens is 2. The van der Waals surface area contributed by atoms with Gasteiger partial charge in [-0.15, -0.1) is 0 Å². The summed E-state index contributed by atoms with van der Waals surface area (Å²) in [6.45, 7) is 1.99. The largest absolute Gasteiger partial charge is 0.492 e. The van der Waals surface area contributed by atoms with Gasteiger partial charge in [-0.05, 0) is 69.2 Å². The van der Waals surface area contributed by atoms with Crippen molar-refractivity contribution in [2.45, 2.75) is 81.9 Å². The van der Waals surface area contributed by atoms with Crippen LogP contribution in [-0.2, 0) is 19.6 Å². The predicted octanol–water partition coefficient (Wildman–Crippen LogP) is 3.01. The number of carbonyl (C=O) groups excluding carboxylic acids is 2. The van der Waals surface area contributed by atoms with Crippen LogP contribution in [0.5, 0.6) is 5.75 Å². The molecule has 4 heterocycles. The average Bonchev–Trinajstić information content (AvgIpc) is 3.39. The molecule has 1 saturated carbocycles. The normalized spacial score (nSPS) is 24.3. The highest BCUT2D eigenvalue weighted by molar-refractivity contribution is 7.89. The number of pyridine rings is 1. The fraction of sp³-hybridized carbons (Fsp3) is 0.531. The van der Waals surface area contributed by atoms with Gasteiger partial charge in [0.2, 0.25) is 27.8 Å². The molecule has 2 saturated heterocycles. The van der Waals surface area contributed by atoms with E-state index in [9.17, 15) is 36.7 Å². The van der Waals surface area contributed by atoms with Gasteiger partial charge in [0, 0.05) is 37.1 Å². The summed E-state index contributed by atoms with van der Waals surface area (Å²) in [5.74, 6) is -0.782. The molecule has 13 nitrogen and oxygen atoms in total. The lowest BCUT2D eigenvalue weighted by Gasteiger charge is -2.32. The number of anilines is 1. The number of nitrogens with zero attached hydrogens (tertiary/aromatic N) is 4. The lowest BCUT2D eigenvalue weighted by Crippen LogP contribution is -2.44. The molecule has 3 aliphatic rings. The third-order valence-electron chi connectivity index (χ3n) is 9.52. The third-order valence-corrected chi connectivity index (χ3v) is 11.4. The molecule has 1 aromatic carbocycles. The second-order valence-electron chi connectivity index (χ2n) is 12.9. The zero-order chi connectivity index (χ0) is 34.2. The summed E-state index contributed by atoms with van der Waals surface area (Å²) in [7, 11) is -3.64. The summed E-state index contributed by atoms with van der Waals surface area (Å²) < 4.78 is 62.1. The van der Waals surface area contributed by atoms with E-state index in [0.29, 0.717) is 49.8 Å². The zero-order valence-corrected chi connectivity index (χ0v) is 27.2. The molecular weight excluding hydrogens is 650 g/mol. The number of aliphatic hydroxyl groups is 1. The van der Waals surface area contributed by atoms with Crippen LogP contribution in [0, 0.1) is 0 Å². The number of alkyl halides is 2. The smallest absolute Gasteiger partial charge is 0.269 e. The molecule has 0 spiro atoms. The molecule has 3 fully saturated rings. The van der Waals surface area contributed by atoms with Gasteiger partial charge < -0.3 is 15.2 Å². The highest BCUT2D eigenvalue weighted by Gasteiger charge is 2.40. The Morgan fingerprint density at radius 3 is 2.60 bits per heavy atom. The lowest BCUT2D eigenvalue weighted by atomic mass is 9.90. The van der Waals surface area contributed by atoms with Crippen molar-refractivity contribution in [3.05, 3.63) is 58.0 Å². The predicted molar refractivity (Wildman–Crippen MR) is 171 cm³/mol. The van der Waals surface area contributed by atoms with E-state index >= 15 is 0 Å². The number of hydrogen-bond donors (Lipinski definition) is 3. The molecule has 2 aromatic heterocycles. The molecule has 3 unspecified atom stereocenters. The first kappa shape index (κ1) is 33.9. The van der Waals surface area contributed by atoms with E-state index in [-0.39, 0.29) is 66.7 Å². The molecule has 0 bridgehead atoms. The van der Waals surface area contributed by atoms with E-state index in [0.717, 1.165) is 6.07 Å². The van der Waals surface area contributed by atoms with Gasteiger partial charge in [0.15, 0.2) is 0 Å². The van der Waals surface area contributed by atoms with Crippen LogP contribution in [0.2, 0.25) is 0 Å². The number of ether oxygens (including phenoxy) is 1. The van der Waals surface area contributed by atoms with Crippen molar-refractivity contribution in [3.8, 4) is 5.75 Å². The minimum Gasteiger partial charge on any atom is -0.492 e. The standard InChI is InChI=1S/C32H38F2N6O7S/c1-32(44)11-3-6-25(32)40-28-20(17-24(27(33)34)30(40)43)18-35-31(38-28)36-21-9-12-39(13-10-21)48(45,46)15-14-47-22-5-2-4-19(16-22)23-7-8-26(41)37-29(23)42/h2,4-5,16-18,21,23,25,27,44H,3,6-15H2,1H3,(H,35,36,38)(H,37,41,42). The molecule has 48 heavy (non-hydrogen) atoms. The number of carbonyl (C=O) groups is 2. The van der Waals surface area contributed by atoms with Gasteiger partial charge in [0.1, 0.15) is 18.0 Å². The van der Waals surface area contributed by atoms with Gasteiger partial charge in [-0.3, -0.25) is 24.3 Å². The third kappa shape index (κ3) is 7.05. The molecular formula is C32H38F2N6O7S. The Kier molecular flexibility index (Phi) is 9.51. The number of aromatic nitrogens is 3. The fourth-order valence-corrected chi connectivity index (χ4v) is 8.20. The topological polar surface area (TPSA) is 173 Å². The maximum atomic E-state index is 13.8. The van der Waals surface area contributed by atoms with Crippen molar-refractivity contribution < 1.29 is 36.6 Å². The summed E-state index contributed by atoms with van der Waals surface area (Å²) in [4.78, 5) is 45.7. The Labute approximate surface area is 275 Å². The van der Waals surface area contributed by atoms with Gasteiger partial charge >= 0.3 is 0 Å². The molecule has 16 heteroatoms. The number of rotatable bonds is 10. The Hall–Kier alpha value is -4.02. The van der Waals surface area contributed by atoms with Crippen LogP contribution >= 0.6 is 0 Å². The van der Waals surface area contributed by atoms with Crippen molar-refractivity contribution in [1.29, 1.82) is 0 Å². The van der Waals surface area contributed by atoms with Gasteiger partial charge in [0.25, 0.3) is 12.0 Å². The molecule has 3 N–H and O–H groups in total. The van der Waals surface area contributed by atoms with E-state index in [4.69, 9.17) is 4.74 Å². The number of nitrogens with one attached hydrogen (secondary N) is 2. The second kappa shape index (κ2) is 13.5. The summed E-state index contributed by atoms with van der Waals surface area (Å²) in [5.41, 5.74) is -1.99. The van der Waals surface area contributed by atoms with Crippen LogP contribution < -0.4 is 20.9 Å². The molecule has 3 atom stereocenters. The van der Waals surface area contributed by atoms with Crippen molar-refractivity contribution in [3.63, 3.8) is 0 Å². The first-order valence-corrected chi connectivity index (χ1v) is 17.7. The first-order chi connectivity index (χ1) is 22.8. The fourth-order valence-electron chi connectivity index (χ4n) is 6.88. The van der Waals surface area contributed by atoms with Crippen molar-refractivity contribution in [2.75, 3.05) is 30.8 Å². The van der Waals surface area contributed by atoms with Gasteiger partial charge in [-0.2, -0.15) is 4.98 Å². The van der Waals surface area contributed by atoms with E-state index < -0.39 is 45.1 Å². The monoisotopic (exact) mass is 688 g/mol. The minimum atomic E-state index is -3.64. The van der Waals surface area contributed by atoms with E-state index in [2.05, 4.69) is 20.6 Å². The van der Waals surface area contributed by atoms with Crippen molar-refractivity contribution in [2.24, 2.45) is 0 Å². The summed E-state index contributed by atoms with van der Waals surface area (Å²) in [6, 6.07) is 7.04. The molecule has 2 aliphatic heterocycles. The average molecular weight is 689 g/mol. The van der Waals surface area contributed by atoms with Crippen LogP contribution in [0.1, 0.15) is 81.4 Å². The molecule has 1 aliphatic carbocycles. The molecule has 3 aromatic rings. The van der Waals surface area contributed by atoms with Gasteiger partial charge in [-0.1, -0.05) is 12.1 Å². The van der Waals surface area contributed by atoms with Gasteiger partial charge in [-0.25, -0.2) is 26.5 Å². The number of amides is 2. The van der Waals surface area contributed by atoms with Crippen LogP contribution in [0.4, 0.5) is 14.7 Å². The Bertz CT molecular complexity index is 1880. The van der Waals surface area contributed by atoms with Crippen molar-refractivity contribution >= 4 is 38.8 Å². The number of hydrogen-bond acceptors (Lipinski definition) is 10. The Morgan fingerprint density at radius 2 is 1.92 bits per heavy atom. The SMILES string of the molecule is CC1(O)CCCC1n1c(=O)c(C(F)F)cc2cnc(NC3CCN(S(=O)(=O)CCOc4cccc(C5CCC(=O)NC5=O)c4)CC3)nc21. The number of imide groups is 1. The van der Waals surface area contributed by atoms with Crippen LogP contribution in [0.15, 0.2) is 41.3 Å². The first-order valence-electron chi connectivity index (χ1n) is 16.1. The van der Waals surface area contributed by atoms with E-state index in [1.165, 1.54) is 15.1 Å². The van der Waals surface area contributed by atoms with Gasteiger partial charge in [0.05, 0.1) is 28.9 Å². The molecule has 258 valence electrons. The highest BCUT2D eigenvalue weighted by atomic mass is 32.2. The quantitative estimate of drug-likeness (QED) is 0.269. The highest BCUT2D eigenvalue weighted by Crippen LogP contribution is 2.40. The van der Waals surface area contributed by atoms with Crippen LogP contribution in [0.25, 0.3) is 11.0 Å². The Morgan fingerprint density at radius 1 is 1.15 bits per heavy atom. The summed E-state index contributed by atoms with van der Waals surface area (Å²) >= 11 is 0. The maximum absolute atomic E-state index is 13.8. The number of sulfonamides is 1. The molecule has 0 radical (unpaired) electrons. The minimum absolute atomic E-state index is 0.0902. The summed E-state index contributed by atoms with van der Waals surface area (Å²) in [5, 5.41) is 16.7. The summed E-state index contributed by atoms with van der Waals surface area (Å²) in [6.07, 6.45) is 1.41. The number of piperidine rings is 2. The Balaban J connectivity index is 1.07. The maximum Gasteiger partial charge on any atom is 0.269 e. The van der Waals surface area contributed by atoms with Crippen LogP contribution in [-0.4, -0.2) is 81.3 Å². The number of benzene rings is 1. The van der Waals surface area contributed by atoms with E-state index in [1.54, 1.807) is 31.2 Å². The zero-order valence-electron chi connectivity index (χ0n) is 26.4. The second-order valence-corrected chi connectivity index (χ2v) is 15.0. The lowest BCUT2D eigenvalue weighted by molar-refractivity contribution is -0.134. The molecule has 6 rings (SSSR count). The van der Waals surface area contributed by atoms with E-state index in [1.807, 2.05) is 0 Å².